The topological polar surface area (TPSA) is 112 Å². The molecule has 0 fully saturated rings. The molecule has 1 aromatic heterocycles. The molecule has 0 aliphatic rings. The zero-order valence-electron chi connectivity index (χ0n) is 15.3. The first-order valence-corrected chi connectivity index (χ1v) is 11.9. The van der Waals surface area contributed by atoms with Crippen LogP contribution in [0.3, 0.4) is 0 Å². The minimum absolute atomic E-state index is 0.0301. The van der Waals surface area contributed by atoms with Crippen LogP contribution < -0.4 is 3.53 Å². The van der Waals surface area contributed by atoms with Crippen molar-refractivity contribution >= 4 is 76.7 Å². The van der Waals surface area contributed by atoms with Gasteiger partial charge in [0.25, 0.3) is 8.18 Å². The third-order valence-electron chi connectivity index (χ3n) is 4.32. The Balaban J connectivity index is 2.35. The fourth-order valence-electron chi connectivity index (χ4n) is 3.01. The zero-order valence-corrected chi connectivity index (χ0v) is 20.6. The molecule has 0 aliphatic carbocycles. The number of benzene rings is 1. The molecule has 2 aromatic rings. The van der Waals surface area contributed by atoms with Crippen molar-refractivity contribution < 1.29 is 24.2 Å². The van der Waals surface area contributed by atoms with Crippen molar-refractivity contribution in [1.82, 2.24) is 11.0 Å². The van der Waals surface area contributed by atoms with Gasteiger partial charge in [-0.3, -0.25) is 16.8 Å². The first-order valence-electron chi connectivity index (χ1n) is 8.57. The van der Waals surface area contributed by atoms with Crippen LogP contribution in [0.2, 0.25) is 0 Å². The zero-order chi connectivity index (χ0) is 21.0. The van der Waals surface area contributed by atoms with E-state index in [2.05, 4.69) is 3.53 Å². The van der Waals surface area contributed by atoms with Gasteiger partial charge in [0.2, 0.25) is 5.91 Å². The molecule has 3 unspecified atom stereocenters. The molecule has 154 valence electrons. The number of hydrogen-bond donors (Lipinski definition) is 3. The Kier molecular flexibility index (Phi) is 8.74. The molecule has 1 aromatic carbocycles. The lowest BCUT2D eigenvalue weighted by Gasteiger charge is -2.27. The molecule has 11 heteroatoms. The fraction of sp³-hybridized carbons (Fsp3) is 0.412. The van der Waals surface area contributed by atoms with Crippen LogP contribution in [0.15, 0.2) is 30.5 Å². The molecule has 0 saturated heterocycles. The molecule has 0 saturated carbocycles. The smallest absolute Gasteiger partial charge is 0.327 e. The maximum absolute atomic E-state index is 12.8. The fourth-order valence-corrected chi connectivity index (χ4v) is 4.97. The summed E-state index contributed by atoms with van der Waals surface area (Å²) in [5.41, 5.74) is 1.17. The second-order valence-corrected chi connectivity index (χ2v) is 9.53. The van der Waals surface area contributed by atoms with E-state index in [-0.39, 0.29) is 18.2 Å². The number of rotatable bonds is 9. The van der Waals surface area contributed by atoms with Crippen molar-refractivity contribution in [3.63, 3.8) is 0 Å². The summed E-state index contributed by atoms with van der Waals surface area (Å²) in [7, 11) is -3.01. The van der Waals surface area contributed by atoms with Crippen molar-refractivity contribution in [2.75, 3.05) is 0 Å². The molecule has 0 spiro atoms. The van der Waals surface area contributed by atoms with Gasteiger partial charge in [-0.05, 0) is 24.0 Å². The predicted molar refractivity (Wildman–Crippen MR) is 125 cm³/mol. The minimum atomic E-state index is -3.01. The molecule has 28 heavy (non-hydrogen) atoms. The summed E-state index contributed by atoms with van der Waals surface area (Å²) >= 11 is 3.66. The molecule has 0 aliphatic heterocycles. The van der Waals surface area contributed by atoms with Crippen molar-refractivity contribution in [2.45, 2.75) is 38.8 Å². The van der Waals surface area contributed by atoms with Gasteiger partial charge in [-0.1, -0.05) is 32.0 Å². The third kappa shape index (κ3) is 5.47. The Morgan fingerprint density at radius 3 is 2.50 bits per heavy atom. The number of carbonyl (C=O) groups is 2. The standard InChI is InChI=1S/C17H22I2N3O5P/c1-10(2)7-13(20-18)16(23)22(19)15(17(24)25)8-11-9-21(28(26)27)14-6-4-3-5-12(11)14/h3-6,9-10,13,15,20,28H,7-8H2,1-2H3,(H,24,25)(H,26,27). The summed E-state index contributed by atoms with van der Waals surface area (Å²) in [4.78, 5) is 34.3. The molecular formula is C17H22I2N3O5P. The number of carbonyl (C=O) groups excluding carboxylic acids is 1. The first kappa shape index (κ1) is 23.6. The Labute approximate surface area is 191 Å². The number of fused-ring (bicyclic) bond motifs is 1. The van der Waals surface area contributed by atoms with Gasteiger partial charge in [-0.15, -0.1) is 0 Å². The van der Waals surface area contributed by atoms with Crippen molar-refractivity contribution in [1.29, 1.82) is 0 Å². The number of para-hydroxylation sites is 1. The van der Waals surface area contributed by atoms with Crippen molar-refractivity contribution in [3.8, 4) is 0 Å². The number of aromatic nitrogens is 1. The van der Waals surface area contributed by atoms with Crippen LogP contribution in [0.1, 0.15) is 25.8 Å². The number of carboxylic acid groups (broad SMARTS) is 1. The highest BCUT2D eigenvalue weighted by Gasteiger charge is 2.33. The number of nitrogens with zero attached hydrogens (tertiary/aromatic N) is 2. The van der Waals surface area contributed by atoms with Crippen LogP contribution in [0.4, 0.5) is 0 Å². The van der Waals surface area contributed by atoms with Gasteiger partial charge in [0.05, 0.1) is 34.4 Å². The SMILES string of the molecule is CC(C)CC(NI)C(=O)N(I)C(Cc1cn([PH](=O)O)c2ccccc12)C(=O)O. The molecule has 0 bridgehead atoms. The van der Waals surface area contributed by atoms with Gasteiger partial charge >= 0.3 is 5.97 Å². The van der Waals surface area contributed by atoms with E-state index in [0.29, 0.717) is 22.9 Å². The summed E-state index contributed by atoms with van der Waals surface area (Å²) in [6, 6.07) is 5.42. The highest BCUT2D eigenvalue weighted by Crippen LogP contribution is 2.31. The van der Waals surface area contributed by atoms with Crippen LogP contribution >= 0.6 is 53.9 Å². The number of nitrogens with one attached hydrogen (secondary N) is 1. The maximum Gasteiger partial charge on any atom is 0.327 e. The lowest BCUT2D eigenvalue weighted by Crippen LogP contribution is -2.47. The number of hydrogen-bond acceptors (Lipinski definition) is 4. The summed E-state index contributed by atoms with van der Waals surface area (Å²) in [6.07, 6.45) is 2.11. The summed E-state index contributed by atoms with van der Waals surface area (Å²) < 4.78 is 17.1. The van der Waals surface area contributed by atoms with E-state index >= 15 is 0 Å². The second kappa shape index (κ2) is 10.4. The second-order valence-electron chi connectivity index (χ2n) is 6.82. The van der Waals surface area contributed by atoms with E-state index in [1.54, 1.807) is 47.1 Å². The molecule has 1 heterocycles. The van der Waals surface area contributed by atoms with E-state index in [1.807, 2.05) is 36.7 Å². The van der Waals surface area contributed by atoms with Gasteiger partial charge < -0.3 is 10.00 Å². The maximum atomic E-state index is 12.8. The van der Waals surface area contributed by atoms with Crippen LogP contribution in [0.25, 0.3) is 10.9 Å². The van der Waals surface area contributed by atoms with E-state index in [1.165, 1.54) is 13.6 Å². The number of halogens is 2. The first-order chi connectivity index (χ1) is 13.2. The van der Waals surface area contributed by atoms with Crippen LogP contribution in [0, 0.1) is 5.92 Å². The van der Waals surface area contributed by atoms with Crippen molar-refractivity contribution in [2.24, 2.45) is 5.92 Å². The van der Waals surface area contributed by atoms with E-state index < -0.39 is 26.2 Å². The Hall–Kier alpha value is -0.690. The van der Waals surface area contributed by atoms with Gasteiger partial charge in [-0.25, -0.2) is 8.32 Å². The Morgan fingerprint density at radius 2 is 1.96 bits per heavy atom. The minimum Gasteiger partial charge on any atom is -0.480 e. The Morgan fingerprint density at radius 1 is 1.32 bits per heavy atom. The normalized spacial score (nSPS) is 14.8. The van der Waals surface area contributed by atoms with Gasteiger partial charge in [-0.2, -0.15) is 0 Å². The summed E-state index contributed by atoms with van der Waals surface area (Å²) in [6.45, 7) is 3.98. The van der Waals surface area contributed by atoms with Crippen LogP contribution in [-0.4, -0.2) is 41.4 Å². The van der Waals surface area contributed by atoms with Crippen LogP contribution in [0.5, 0.6) is 0 Å². The molecular weight excluding hydrogens is 611 g/mol. The van der Waals surface area contributed by atoms with Crippen molar-refractivity contribution in [3.05, 3.63) is 36.0 Å². The highest BCUT2D eigenvalue weighted by atomic mass is 127. The summed E-state index contributed by atoms with van der Waals surface area (Å²) in [5.74, 6) is -1.17. The van der Waals surface area contributed by atoms with E-state index in [4.69, 9.17) is 0 Å². The molecule has 0 radical (unpaired) electrons. The molecule has 3 N–H and O–H groups in total. The third-order valence-corrected chi connectivity index (χ3v) is 7.00. The average molecular weight is 633 g/mol. The van der Waals surface area contributed by atoms with Gasteiger partial charge in [0.1, 0.15) is 6.04 Å². The molecule has 8 nitrogen and oxygen atoms in total. The monoisotopic (exact) mass is 633 g/mol. The summed E-state index contributed by atoms with van der Waals surface area (Å²) in [5, 5.41) is 10.4. The number of carboxylic acids is 1. The lowest BCUT2D eigenvalue weighted by atomic mass is 10.0. The van der Waals surface area contributed by atoms with Gasteiger partial charge in [0.15, 0.2) is 0 Å². The number of amides is 1. The van der Waals surface area contributed by atoms with E-state index in [9.17, 15) is 24.2 Å². The number of aliphatic carboxylic acids is 1. The largest absolute Gasteiger partial charge is 0.480 e. The molecule has 1 amide bonds. The van der Waals surface area contributed by atoms with Gasteiger partial charge in [0, 0.05) is 40.9 Å². The molecule has 3 atom stereocenters. The highest BCUT2D eigenvalue weighted by molar-refractivity contribution is 14.1. The lowest BCUT2D eigenvalue weighted by molar-refractivity contribution is -0.145. The van der Waals surface area contributed by atoms with E-state index in [0.717, 1.165) is 0 Å². The molecule has 2 rings (SSSR count). The Bertz CT molecular complexity index is 889. The van der Waals surface area contributed by atoms with Crippen LogP contribution in [-0.2, 0) is 20.6 Å². The predicted octanol–water partition coefficient (Wildman–Crippen LogP) is 3.40. The quantitative estimate of drug-likeness (QED) is 0.222. The average Bonchev–Trinajstić information content (AvgIpc) is 3.01.